The van der Waals surface area contributed by atoms with Gasteiger partial charge in [-0.2, -0.15) is 0 Å². The van der Waals surface area contributed by atoms with E-state index in [1.54, 1.807) is 11.3 Å². The summed E-state index contributed by atoms with van der Waals surface area (Å²) in [4.78, 5) is 46.6. The van der Waals surface area contributed by atoms with E-state index in [0.29, 0.717) is 12.8 Å². The highest BCUT2D eigenvalue weighted by Crippen LogP contribution is 2.29. The lowest BCUT2D eigenvalue weighted by molar-refractivity contribution is -0.144. The first kappa shape index (κ1) is 31.7. The zero-order valence-corrected chi connectivity index (χ0v) is 25.1. The molecule has 1 aliphatic heterocycles. The molecule has 4 atom stereocenters. The Labute approximate surface area is 241 Å². The van der Waals surface area contributed by atoms with Gasteiger partial charge >= 0.3 is 0 Å². The number of nitrogens with one attached hydrogen (secondary N) is 2. The fourth-order valence-corrected chi connectivity index (χ4v) is 5.81. The van der Waals surface area contributed by atoms with Gasteiger partial charge in [-0.05, 0) is 43.2 Å². The molecule has 1 saturated heterocycles. The number of aliphatic hydroxyl groups excluding tert-OH is 2. The molecule has 0 unspecified atom stereocenters. The van der Waals surface area contributed by atoms with Crippen LogP contribution in [0.4, 0.5) is 0 Å². The van der Waals surface area contributed by atoms with Gasteiger partial charge in [0.1, 0.15) is 12.1 Å². The number of aryl methyl sites for hydroxylation is 1. The molecule has 0 spiro atoms. The second-order valence-corrected chi connectivity index (χ2v) is 12.6. The first-order chi connectivity index (χ1) is 18.9. The van der Waals surface area contributed by atoms with Gasteiger partial charge in [-0.3, -0.25) is 14.4 Å². The smallest absolute Gasteiger partial charge is 0.246 e. The number of benzene rings is 1. The Morgan fingerprint density at radius 3 is 2.38 bits per heavy atom. The summed E-state index contributed by atoms with van der Waals surface area (Å²) in [5, 5.41) is 25.3. The van der Waals surface area contributed by atoms with E-state index >= 15 is 0 Å². The zero-order valence-electron chi connectivity index (χ0n) is 24.3. The van der Waals surface area contributed by atoms with Crippen LogP contribution in [0.5, 0.6) is 0 Å². The zero-order chi connectivity index (χ0) is 29.4. The molecule has 40 heavy (non-hydrogen) atoms. The number of β-amino-alcohol motifs (C(OH)–C–C–N with tert-alkyl or cyclic N) is 1. The van der Waals surface area contributed by atoms with Crippen LogP contribution in [-0.4, -0.2) is 69.2 Å². The van der Waals surface area contributed by atoms with Gasteiger partial charge in [-0.25, -0.2) is 4.98 Å². The van der Waals surface area contributed by atoms with Crippen molar-refractivity contribution in [3.63, 3.8) is 0 Å². The number of unbranched alkanes of at least 4 members (excludes halogenated alkanes) is 3. The van der Waals surface area contributed by atoms with Crippen LogP contribution in [0.1, 0.15) is 83.5 Å². The van der Waals surface area contributed by atoms with Crippen molar-refractivity contribution in [2.24, 2.45) is 5.41 Å². The summed E-state index contributed by atoms with van der Waals surface area (Å²) in [5.41, 5.74) is 4.20. The molecule has 0 radical (unpaired) electrons. The average Bonchev–Trinajstić information content (AvgIpc) is 3.51. The van der Waals surface area contributed by atoms with Gasteiger partial charge in [0.2, 0.25) is 17.7 Å². The topological polar surface area (TPSA) is 132 Å². The highest BCUT2D eigenvalue weighted by molar-refractivity contribution is 7.13. The number of carbonyl (C=O) groups is 3. The largest absolute Gasteiger partial charge is 0.396 e. The summed E-state index contributed by atoms with van der Waals surface area (Å²) >= 11 is 1.58. The maximum Gasteiger partial charge on any atom is 0.246 e. The number of likely N-dealkylation sites (tertiary alicyclic amines) is 1. The standard InChI is InChI=1S/C30H44N4O5S/c1-19(21-11-13-22(14-12-21)26-20(2)31-18-40-26)32-28(38)24-16-23(36)17-34(24)29(39)27(30(3,4)5)33-25(37)10-8-6-7-9-15-35/h11-14,18-19,23-24,27,35-36H,6-10,15-17H2,1-5H3,(H,32,38)(H,33,37)/t19-,23+,24-,27+/m0/s1. The molecule has 1 aromatic carbocycles. The van der Waals surface area contributed by atoms with Gasteiger partial charge in [-0.1, -0.05) is 57.9 Å². The number of carbonyl (C=O) groups excluding carboxylic acids is 3. The van der Waals surface area contributed by atoms with Crippen molar-refractivity contribution in [3.05, 3.63) is 41.0 Å². The van der Waals surface area contributed by atoms with E-state index in [1.807, 2.05) is 64.4 Å². The Balaban J connectivity index is 1.65. The Hall–Kier alpha value is -2.82. The highest BCUT2D eigenvalue weighted by atomic mass is 32.1. The summed E-state index contributed by atoms with van der Waals surface area (Å²) in [5.74, 6) is -0.916. The summed E-state index contributed by atoms with van der Waals surface area (Å²) < 4.78 is 0. The van der Waals surface area contributed by atoms with Crippen molar-refractivity contribution in [2.75, 3.05) is 13.2 Å². The molecule has 0 bridgehead atoms. The third-order valence-corrected chi connectivity index (χ3v) is 8.35. The van der Waals surface area contributed by atoms with Crippen LogP contribution < -0.4 is 10.6 Å². The van der Waals surface area contributed by atoms with Crippen LogP contribution in [0.2, 0.25) is 0 Å². The molecule has 3 amide bonds. The maximum atomic E-state index is 13.7. The van der Waals surface area contributed by atoms with Crippen LogP contribution in [-0.2, 0) is 14.4 Å². The second kappa shape index (κ2) is 14.2. The van der Waals surface area contributed by atoms with Crippen LogP contribution in [0.15, 0.2) is 29.8 Å². The lowest BCUT2D eigenvalue weighted by atomic mass is 9.85. The number of thiazole rings is 1. The SMILES string of the molecule is Cc1ncsc1-c1ccc([C@H](C)NC(=O)[C@@H]2C[C@@H](O)CN2C(=O)[C@@H](NC(=O)CCCCCCO)C(C)(C)C)cc1. The van der Waals surface area contributed by atoms with Gasteiger partial charge in [0.25, 0.3) is 0 Å². The number of hydrogen-bond donors (Lipinski definition) is 4. The quantitative estimate of drug-likeness (QED) is 0.287. The molecular weight excluding hydrogens is 528 g/mol. The molecule has 2 heterocycles. The van der Waals surface area contributed by atoms with Gasteiger partial charge in [0, 0.05) is 26.0 Å². The minimum absolute atomic E-state index is 0.0395. The Bertz CT molecular complexity index is 1140. The molecule has 1 fully saturated rings. The Morgan fingerprint density at radius 2 is 1.77 bits per heavy atom. The molecule has 0 saturated carbocycles. The minimum Gasteiger partial charge on any atom is -0.396 e. The van der Waals surface area contributed by atoms with E-state index in [0.717, 1.165) is 34.5 Å². The second-order valence-electron chi connectivity index (χ2n) is 11.8. The maximum absolute atomic E-state index is 13.7. The first-order valence-corrected chi connectivity index (χ1v) is 15.0. The van der Waals surface area contributed by atoms with Crippen molar-refractivity contribution >= 4 is 29.1 Å². The number of hydrogen-bond acceptors (Lipinski definition) is 7. The molecule has 220 valence electrons. The fourth-order valence-electron chi connectivity index (χ4n) is 5.00. The van der Waals surface area contributed by atoms with Crippen LogP contribution in [0.25, 0.3) is 10.4 Å². The van der Waals surface area contributed by atoms with E-state index < -0.39 is 23.6 Å². The van der Waals surface area contributed by atoms with E-state index in [2.05, 4.69) is 15.6 Å². The van der Waals surface area contributed by atoms with E-state index in [9.17, 15) is 19.5 Å². The number of aliphatic hydroxyl groups is 2. The third-order valence-electron chi connectivity index (χ3n) is 7.37. The van der Waals surface area contributed by atoms with Crippen molar-refractivity contribution in [2.45, 2.75) is 97.4 Å². The third kappa shape index (κ3) is 8.34. The average molecular weight is 573 g/mol. The van der Waals surface area contributed by atoms with Crippen molar-refractivity contribution in [3.8, 4) is 10.4 Å². The molecule has 3 rings (SSSR count). The Kier molecular flexibility index (Phi) is 11.2. The van der Waals surface area contributed by atoms with Gasteiger partial charge in [0.05, 0.1) is 28.2 Å². The molecule has 1 aliphatic rings. The van der Waals surface area contributed by atoms with Gasteiger partial charge < -0.3 is 25.7 Å². The van der Waals surface area contributed by atoms with Crippen molar-refractivity contribution in [1.29, 1.82) is 0 Å². The van der Waals surface area contributed by atoms with E-state index in [4.69, 9.17) is 5.11 Å². The summed E-state index contributed by atoms with van der Waals surface area (Å²) in [6, 6.07) is 6.00. The summed E-state index contributed by atoms with van der Waals surface area (Å²) in [7, 11) is 0. The number of nitrogens with zero attached hydrogens (tertiary/aromatic N) is 2. The molecule has 1 aromatic heterocycles. The lowest BCUT2D eigenvalue weighted by Crippen LogP contribution is -2.57. The van der Waals surface area contributed by atoms with Gasteiger partial charge in [0.15, 0.2) is 0 Å². The number of aromatic nitrogens is 1. The predicted octanol–water partition coefficient (Wildman–Crippen LogP) is 3.73. The van der Waals surface area contributed by atoms with Gasteiger partial charge in [-0.15, -0.1) is 11.3 Å². The molecule has 9 nitrogen and oxygen atoms in total. The number of amides is 3. The monoisotopic (exact) mass is 572 g/mol. The predicted molar refractivity (Wildman–Crippen MR) is 157 cm³/mol. The minimum atomic E-state index is -0.835. The van der Waals surface area contributed by atoms with Crippen molar-refractivity contribution in [1.82, 2.24) is 20.5 Å². The van der Waals surface area contributed by atoms with E-state index in [-0.39, 0.29) is 49.8 Å². The van der Waals surface area contributed by atoms with Crippen LogP contribution in [0, 0.1) is 12.3 Å². The molecule has 10 heteroatoms. The molecule has 2 aromatic rings. The normalized spacial score (nSPS) is 18.8. The lowest BCUT2D eigenvalue weighted by Gasteiger charge is -2.35. The number of rotatable bonds is 12. The first-order valence-electron chi connectivity index (χ1n) is 14.1. The van der Waals surface area contributed by atoms with Crippen molar-refractivity contribution < 1.29 is 24.6 Å². The van der Waals surface area contributed by atoms with Crippen LogP contribution in [0.3, 0.4) is 0 Å². The Morgan fingerprint density at radius 1 is 1.10 bits per heavy atom. The highest BCUT2D eigenvalue weighted by Gasteiger charge is 2.44. The van der Waals surface area contributed by atoms with E-state index in [1.165, 1.54) is 4.90 Å². The summed E-state index contributed by atoms with van der Waals surface area (Å²) in [6.45, 7) is 9.66. The molecule has 0 aliphatic carbocycles. The molecular formula is C30H44N4O5S. The fraction of sp³-hybridized carbons (Fsp3) is 0.600. The molecule has 4 N–H and O–H groups in total. The van der Waals surface area contributed by atoms with Crippen LogP contribution >= 0.6 is 11.3 Å². The summed E-state index contributed by atoms with van der Waals surface area (Å²) in [6.07, 6.45) is 2.67.